The summed E-state index contributed by atoms with van der Waals surface area (Å²) in [6.45, 7) is 0.0373. The van der Waals surface area contributed by atoms with Crippen LogP contribution in [-0.2, 0) is 19.4 Å². The highest BCUT2D eigenvalue weighted by atomic mass is 32.2. The van der Waals surface area contributed by atoms with E-state index in [2.05, 4.69) is 4.74 Å². The van der Waals surface area contributed by atoms with Gasteiger partial charge in [-0.15, -0.1) is 0 Å². The number of rotatable bonds is 5. The lowest BCUT2D eigenvalue weighted by Gasteiger charge is -1.98. The summed E-state index contributed by atoms with van der Waals surface area (Å²) >= 11 is 0. The summed E-state index contributed by atoms with van der Waals surface area (Å²) < 4.78 is 26.0. The van der Waals surface area contributed by atoms with Crippen LogP contribution < -0.4 is 0 Å². The van der Waals surface area contributed by atoms with Crippen LogP contribution in [0.3, 0.4) is 0 Å². The Morgan fingerprint density at radius 1 is 1.55 bits per heavy atom. The lowest BCUT2D eigenvalue weighted by molar-refractivity contribution is -0.134. The van der Waals surface area contributed by atoms with E-state index in [1.165, 1.54) is 7.11 Å². The number of hydrogen-bond acceptors (Lipinski definition) is 4. The highest BCUT2D eigenvalue weighted by molar-refractivity contribution is 7.92. The van der Waals surface area contributed by atoms with Gasteiger partial charge in [0.25, 0.3) is 0 Å². The number of sulfone groups is 1. The standard InChI is InChI=1S/C5H10O5S/c1-10-2-3-11(8,9)4-5(6)7/h2-4H2,1H3,(H,6,7). The average Bonchev–Trinajstić information content (AvgIpc) is 1.81. The van der Waals surface area contributed by atoms with Gasteiger partial charge in [0.1, 0.15) is 5.75 Å². The number of aliphatic carboxylic acids is 1. The fraction of sp³-hybridized carbons (Fsp3) is 0.800. The van der Waals surface area contributed by atoms with E-state index in [4.69, 9.17) is 5.11 Å². The molecule has 66 valence electrons. The Morgan fingerprint density at radius 2 is 2.09 bits per heavy atom. The maximum absolute atomic E-state index is 10.7. The van der Waals surface area contributed by atoms with Gasteiger partial charge in [0.05, 0.1) is 12.4 Å². The monoisotopic (exact) mass is 182 g/mol. The molecule has 6 heteroatoms. The van der Waals surface area contributed by atoms with Crippen molar-refractivity contribution in [3.05, 3.63) is 0 Å². The van der Waals surface area contributed by atoms with Crippen molar-refractivity contribution in [2.45, 2.75) is 0 Å². The summed E-state index contributed by atoms with van der Waals surface area (Å²) in [5.74, 6) is -2.40. The number of hydrogen-bond donors (Lipinski definition) is 1. The van der Waals surface area contributed by atoms with Crippen molar-refractivity contribution in [1.82, 2.24) is 0 Å². The van der Waals surface area contributed by atoms with Crippen molar-refractivity contribution in [2.75, 3.05) is 25.2 Å². The molecule has 0 amide bonds. The van der Waals surface area contributed by atoms with Gasteiger partial charge in [-0.3, -0.25) is 4.79 Å². The maximum Gasteiger partial charge on any atom is 0.318 e. The van der Waals surface area contributed by atoms with Gasteiger partial charge in [0.15, 0.2) is 9.84 Å². The molecule has 0 unspecified atom stereocenters. The van der Waals surface area contributed by atoms with E-state index in [0.717, 1.165) is 0 Å². The van der Waals surface area contributed by atoms with Crippen LogP contribution in [0.1, 0.15) is 0 Å². The molecule has 0 bridgehead atoms. The topological polar surface area (TPSA) is 80.7 Å². The second kappa shape index (κ2) is 4.30. The summed E-state index contributed by atoms with van der Waals surface area (Å²) in [5, 5.41) is 8.13. The van der Waals surface area contributed by atoms with Gasteiger partial charge >= 0.3 is 5.97 Å². The molecule has 0 aliphatic heterocycles. The molecule has 5 nitrogen and oxygen atoms in total. The zero-order valence-corrected chi connectivity index (χ0v) is 6.93. The van der Waals surface area contributed by atoms with E-state index in [9.17, 15) is 13.2 Å². The van der Waals surface area contributed by atoms with Crippen LogP contribution in [0.5, 0.6) is 0 Å². The molecule has 11 heavy (non-hydrogen) atoms. The molecule has 0 aromatic carbocycles. The molecule has 0 spiro atoms. The van der Waals surface area contributed by atoms with Crippen LogP contribution in [-0.4, -0.2) is 44.7 Å². The number of carboxylic acid groups (broad SMARTS) is 1. The van der Waals surface area contributed by atoms with E-state index < -0.39 is 21.6 Å². The Bertz CT molecular complexity index is 217. The smallest absolute Gasteiger partial charge is 0.318 e. The second-order valence-corrected chi connectivity index (χ2v) is 4.16. The average molecular weight is 182 g/mol. The van der Waals surface area contributed by atoms with Crippen molar-refractivity contribution in [3.63, 3.8) is 0 Å². The largest absolute Gasteiger partial charge is 0.480 e. The molecule has 0 saturated carbocycles. The first-order valence-electron chi connectivity index (χ1n) is 2.89. The van der Waals surface area contributed by atoms with Crippen LogP contribution in [0.2, 0.25) is 0 Å². The zero-order valence-electron chi connectivity index (χ0n) is 6.11. The first-order chi connectivity index (χ1) is 4.98. The Morgan fingerprint density at radius 3 is 2.45 bits per heavy atom. The van der Waals surface area contributed by atoms with Gasteiger partial charge in [-0.2, -0.15) is 0 Å². The summed E-state index contributed by atoms with van der Waals surface area (Å²) in [4.78, 5) is 9.96. The first-order valence-corrected chi connectivity index (χ1v) is 4.71. The fourth-order valence-corrected chi connectivity index (χ4v) is 1.41. The van der Waals surface area contributed by atoms with Crippen molar-refractivity contribution in [1.29, 1.82) is 0 Å². The van der Waals surface area contributed by atoms with Crippen LogP contribution in [0.15, 0.2) is 0 Å². The third kappa shape index (κ3) is 5.81. The molecule has 1 N–H and O–H groups in total. The van der Waals surface area contributed by atoms with Gasteiger partial charge < -0.3 is 9.84 Å². The molecule has 0 aromatic rings. The molecular formula is C5H10O5S. The van der Waals surface area contributed by atoms with Crippen molar-refractivity contribution >= 4 is 15.8 Å². The van der Waals surface area contributed by atoms with Gasteiger partial charge in [-0.1, -0.05) is 0 Å². The number of methoxy groups -OCH3 is 1. The Labute approximate surface area is 64.9 Å². The number of carboxylic acids is 1. The predicted molar refractivity (Wildman–Crippen MR) is 38.2 cm³/mol. The molecule has 0 saturated heterocycles. The molecule has 0 heterocycles. The van der Waals surface area contributed by atoms with Crippen LogP contribution in [0.4, 0.5) is 0 Å². The van der Waals surface area contributed by atoms with Gasteiger partial charge in [-0.05, 0) is 0 Å². The quantitative estimate of drug-likeness (QED) is 0.598. The summed E-state index contributed by atoms with van der Waals surface area (Å²) in [5.41, 5.74) is 0. The lowest BCUT2D eigenvalue weighted by atomic mass is 10.8. The third-order valence-electron chi connectivity index (χ3n) is 0.942. The van der Waals surface area contributed by atoms with Crippen molar-refractivity contribution < 1.29 is 23.1 Å². The minimum atomic E-state index is -3.47. The molecular weight excluding hydrogens is 172 g/mol. The second-order valence-electron chi connectivity index (χ2n) is 1.98. The van der Waals surface area contributed by atoms with E-state index in [0.29, 0.717) is 0 Å². The van der Waals surface area contributed by atoms with Gasteiger partial charge in [0, 0.05) is 7.11 Å². The SMILES string of the molecule is COCCS(=O)(=O)CC(=O)O. The fourth-order valence-electron chi connectivity index (χ4n) is 0.471. The summed E-state index contributed by atoms with van der Waals surface area (Å²) in [7, 11) is -2.11. The molecule has 0 aromatic heterocycles. The first kappa shape index (κ1) is 10.4. The zero-order chi connectivity index (χ0) is 8.91. The normalized spacial score (nSPS) is 11.4. The predicted octanol–water partition coefficient (Wildman–Crippen LogP) is -0.868. The van der Waals surface area contributed by atoms with Gasteiger partial charge in [-0.25, -0.2) is 8.42 Å². The van der Waals surface area contributed by atoms with Crippen molar-refractivity contribution in [2.24, 2.45) is 0 Å². The third-order valence-corrected chi connectivity index (χ3v) is 2.42. The Hall–Kier alpha value is -0.620. The van der Waals surface area contributed by atoms with Crippen LogP contribution in [0, 0.1) is 0 Å². The van der Waals surface area contributed by atoms with E-state index in [1.54, 1.807) is 0 Å². The van der Waals surface area contributed by atoms with Crippen LogP contribution >= 0.6 is 0 Å². The van der Waals surface area contributed by atoms with E-state index in [1.807, 2.05) is 0 Å². The molecule has 0 rings (SSSR count). The highest BCUT2D eigenvalue weighted by Gasteiger charge is 2.14. The minimum Gasteiger partial charge on any atom is -0.480 e. The Kier molecular flexibility index (Phi) is 4.06. The molecule has 0 aliphatic rings. The Balaban J connectivity index is 3.92. The molecule has 0 radical (unpaired) electrons. The highest BCUT2D eigenvalue weighted by Crippen LogP contribution is 1.89. The minimum absolute atomic E-state index is 0.0373. The van der Waals surface area contributed by atoms with Crippen LogP contribution in [0.25, 0.3) is 0 Å². The van der Waals surface area contributed by atoms with E-state index in [-0.39, 0.29) is 12.4 Å². The molecule has 0 fully saturated rings. The maximum atomic E-state index is 10.7. The van der Waals surface area contributed by atoms with E-state index >= 15 is 0 Å². The lowest BCUT2D eigenvalue weighted by Crippen LogP contribution is -2.20. The van der Waals surface area contributed by atoms with Gasteiger partial charge in [0.2, 0.25) is 0 Å². The molecule has 0 atom stereocenters. The number of carbonyl (C=O) groups is 1. The summed E-state index contributed by atoms with van der Waals surface area (Å²) in [6.07, 6.45) is 0. The number of ether oxygens (including phenoxy) is 1. The summed E-state index contributed by atoms with van der Waals surface area (Å²) in [6, 6.07) is 0. The molecule has 0 aliphatic carbocycles. The van der Waals surface area contributed by atoms with Crippen molar-refractivity contribution in [3.8, 4) is 0 Å².